The van der Waals surface area contributed by atoms with E-state index in [2.05, 4.69) is 11.4 Å². The van der Waals surface area contributed by atoms with Crippen molar-refractivity contribution in [3.05, 3.63) is 29.8 Å². The van der Waals surface area contributed by atoms with E-state index in [1.165, 1.54) is 5.56 Å². The molecular weight excluding hydrogens is 276 g/mol. The van der Waals surface area contributed by atoms with Crippen LogP contribution in [0.15, 0.2) is 24.3 Å². The quantitative estimate of drug-likeness (QED) is 0.922. The lowest BCUT2D eigenvalue weighted by atomic mass is 10.1. The summed E-state index contributed by atoms with van der Waals surface area (Å²) in [6.07, 6.45) is 0.961. The molecule has 1 aliphatic heterocycles. The van der Waals surface area contributed by atoms with Crippen molar-refractivity contribution in [1.82, 2.24) is 10.2 Å². The van der Waals surface area contributed by atoms with Gasteiger partial charge in [0, 0.05) is 32.1 Å². The highest BCUT2D eigenvalue weighted by Gasteiger charge is 2.46. The number of carbonyl (C=O) groups excluding carboxylic acids is 1. The minimum Gasteiger partial charge on any atom is -0.496 e. The van der Waals surface area contributed by atoms with E-state index < -0.39 is 0 Å². The SMILES string of the molecule is COc1ccccc1C1CC1C(=O)N1CCNCC1.Cl. The summed E-state index contributed by atoms with van der Waals surface area (Å²) in [5.74, 6) is 1.73. The summed E-state index contributed by atoms with van der Waals surface area (Å²) >= 11 is 0. The van der Waals surface area contributed by atoms with Crippen molar-refractivity contribution >= 4 is 18.3 Å². The van der Waals surface area contributed by atoms with Crippen molar-refractivity contribution in [2.45, 2.75) is 12.3 Å². The second-order valence-corrected chi connectivity index (χ2v) is 5.27. The summed E-state index contributed by atoms with van der Waals surface area (Å²) in [6.45, 7) is 3.51. The van der Waals surface area contributed by atoms with Gasteiger partial charge in [0.05, 0.1) is 7.11 Å². The maximum absolute atomic E-state index is 12.4. The summed E-state index contributed by atoms with van der Waals surface area (Å²) in [7, 11) is 1.69. The number of nitrogens with zero attached hydrogens (tertiary/aromatic N) is 1. The molecule has 5 heteroatoms. The van der Waals surface area contributed by atoms with Crippen molar-refractivity contribution in [1.29, 1.82) is 0 Å². The fourth-order valence-corrected chi connectivity index (χ4v) is 2.90. The number of hydrogen-bond donors (Lipinski definition) is 1. The number of amides is 1. The molecule has 0 spiro atoms. The fraction of sp³-hybridized carbons (Fsp3) is 0.533. The first-order valence-corrected chi connectivity index (χ1v) is 6.93. The third kappa shape index (κ3) is 2.91. The molecule has 2 unspecified atom stereocenters. The first-order chi connectivity index (χ1) is 9.31. The van der Waals surface area contributed by atoms with Crippen LogP contribution in [0.4, 0.5) is 0 Å². The van der Waals surface area contributed by atoms with Gasteiger partial charge < -0.3 is 15.0 Å². The molecule has 20 heavy (non-hydrogen) atoms. The van der Waals surface area contributed by atoms with E-state index in [4.69, 9.17) is 4.74 Å². The maximum atomic E-state index is 12.4. The van der Waals surface area contributed by atoms with Crippen molar-refractivity contribution in [2.75, 3.05) is 33.3 Å². The van der Waals surface area contributed by atoms with Crippen LogP contribution in [0.3, 0.4) is 0 Å². The lowest BCUT2D eigenvalue weighted by Crippen LogP contribution is -2.47. The number of methoxy groups -OCH3 is 1. The first-order valence-electron chi connectivity index (χ1n) is 6.93. The van der Waals surface area contributed by atoms with E-state index in [1.807, 2.05) is 23.1 Å². The Bertz CT molecular complexity index is 475. The average Bonchev–Trinajstić information content (AvgIpc) is 3.27. The number of halogens is 1. The zero-order chi connectivity index (χ0) is 13.2. The van der Waals surface area contributed by atoms with Gasteiger partial charge in [-0.1, -0.05) is 18.2 Å². The van der Waals surface area contributed by atoms with E-state index in [1.54, 1.807) is 7.11 Å². The summed E-state index contributed by atoms with van der Waals surface area (Å²) in [6, 6.07) is 8.04. The van der Waals surface area contributed by atoms with Crippen LogP contribution in [-0.4, -0.2) is 44.1 Å². The number of benzene rings is 1. The Balaban J connectivity index is 0.00000147. The molecule has 1 amide bonds. The highest BCUT2D eigenvalue weighted by molar-refractivity contribution is 5.85. The standard InChI is InChI=1S/C15H20N2O2.ClH/c1-19-14-5-3-2-4-11(14)12-10-13(12)15(18)17-8-6-16-7-9-17;/h2-5,12-13,16H,6-10H2,1H3;1H. The molecule has 0 radical (unpaired) electrons. The van der Waals surface area contributed by atoms with E-state index >= 15 is 0 Å². The highest BCUT2D eigenvalue weighted by atomic mass is 35.5. The van der Waals surface area contributed by atoms with Crippen LogP contribution in [0.2, 0.25) is 0 Å². The van der Waals surface area contributed by atoms with Crippen molar-refractivity contribution < 1.29 is 9.53 Å². The third-order valence-corrected chi connectivity index (χ3v) is 4.07. The predicted octanol–water partition coefficient (Wildman–Crippen LogP) is 1.65. The summed E-state index contributed by atoms with van der Waals surface area (Å²) in [4.78, 5) is 14.4. The number of carbonyl (C=O) groups is 1. The third-order valence-electron chi connectivity index (χ3n) is 4.07. The second kappa shape index (κ2) is 6.46. The number of nitrogens with one attached hydrogen (secondary N) is 1. The van der Waals surface area contributed by atoms with Gasteiger partial charge >= 0.3 is 0 Å². The zero-order valence-electron chi connectivity index (χ0n) is 11.7. The van der Waals surface area contributed by atoms with E-state index in [-0.39, 0.29) is 18.3 Å². The fourth-order valence-electron chi connectivity index (χ4n) is 2.90. The van der Waals surface area contributed by atoms with E-state index in [9.17, 15) is 4.79 Å². The molecule has 1 aliphatic carbocycles. The van der Waals surface area contributed by atoms with Gasteiger partial charge in [-0.25, -0.2) is 0 Å². The number of ether oxygens (including phenoxy) is 1. The minimum absolute atomic E-state index is 0. The van der Waals surface area contributed by atoms with Crippen LogP contribution >= 0.6 is 12.4 Å². The molecule has 1 aromatic carbocycles. The van der Waals surface area contributed by atoms with Crippen LogP contribution in [0.25, 0.3) is 0 Å². The van der Waals surface area contributed by atoms with Crippen LogP contribution in [-0.2, 0) is 4.79 Å². The van der Waals surface area contributed by atoms with Crippen molar-refractivity contribution in [3.8, 4) is 5.75 Å². The Morgan fingerprint density at radius 2 is 2.00 bits per heavy atom. The van der Waals surface area contributed by atoms with Crippen molar-refractivity contribution in [3.63, 3.8) is 0 Å². The van der Waals surface area contributed by atoms with Crippen LogP contribution in [0.5, 0.6) is 5.75 Å². The monoisotopic (exact) mass is 296 g/mol. The molecule has 1 saturated carbocycles. The molecule has 1 aromatic rings. The normalized spacial score (nSPS) is 24.8. The van der Waals surface area contributed by atoms with Gasteiger partial charge in [-0.05, 0) is 24.0 Å². The smallest absolute Gasteiger partial charge is 0.226 e. The molecule has 2 atom stereocenters. The molecule has 0 bridgehead atoms. The molecule has 0 aromatic heterocycles. The van der Waals surface area contributed by atoms with Crippen LogP contribution in [0, 0.1) is 5.92 Å². The lowest BCUT2D eigenvalue weighted by molar-refractivity contribution is -0.133. The van der Waals surface area contributed by atoms with Gasteiger partial charge in [0.2, 0.25) is 5.91 Å². The van der Waals surface area contributed by atoms with Gasteiger partial charge in [-0.15, -0.1) is 12.4 Å². The van der Waals surface area contributed by atoms with Crippen LogP contribution in [0.1, 0.15) is 17.9 Å². The van der Waals surface area contributed by atoms with Gasteiger partial charge in [0.1, 0.15) is 5.75 Å². The Hall–Kier alpha value is -1.26. The van der Waals surface area contributed by atoms with Gasteiger partial charge in [-0.3, -0.25) is 4.79 Å². The number of rotatable bonds is 3. The van der Waals surface area contributed by atoms with Gasteiger partial charge in [0.15, 0.2) is 0 Å². The second-order valence-electron chi connectivity index (χ2n) is 5.27. The van der Waals surface area contributed by atoms with Gasteiger partial charge in [-0.2, -0.15) is 0 Å². The number of hydrogen-bond acceptors (Lipinski definition) is 3. The molecule has 1 saturated heterocycles. The summed E-state index contributed by atoms with van der Waals surface area (Å²) < 4.78 is 5.39. The zero-order valence-corrected chi connectivity index (χ0v) is 12.5. The summed E-state index contributed by atoms with van der Waals surface area (Å²) in [5.41, 5.74) is 1.18. The van der Waals surface area contributed by atoms with E-state index in [0.717, 1.165) is 38.3 Å². The van der Waals surface area contributed by atoms with Crippen LogP contribution < -0.4 is 10.1 Å². The molecule has 2 fully saturated rings. The first kappa shape index (κ1) is 15.1. The topological polar surface area (TPSA) is 41.6 Å². The molecule has 1 N–H and O–H groups in total. The van der Waals surface area contributed by atoms with Crippen molar-refractivity contribution in [2.24, 2.45) is 5.92 Å². The Morgan fingerprint density at radius 3 is 2.70 bits per heavy atom. The molecule has 110 valence electrons. The molecular formula is C15H21ClN2O2. The molecule has 2 aliphatic rings. The Labute approximate surface area is 125 Å². The number of piperazine rings is 1. The summed E-state index contributed by atoms with van der Waals surface area (Å²) in [5, 5.41) is 3.28. The van der Waals surface area contributed by atoms with Gasteiger partial charge in [0.25, 0.3) is 0 Å². The molecule has 1 heterocycles. The predicted molar refractivity (Wildman–Crippen MR) is 80.5 cm³/mol. The maximum Gasteiger partial charge on any atom is 0.226 e. The largest absolute Gasteiger partial charge is 0.496 e. The minimum atomic E-state index is 0. The lowest BCUT2D eigenvalue weighted by Gasteiger charge is -2.27. The van der Waals surface area contributed by atoms with E-state index in [0.29, 0.717) is 11.8 Å². The Morgan fingerprint density at radius 1 is 1.30 bits per heavy atom. The number of para-hydroxylation sites is 1. The Kier molecular flexibility index (Phi) is 4.89. The molecule has 4 nitrogen and oxygen atoms in total. The molecule has 3 rings (SSSR count). The average molecular weight is 297 g/mol. The highest BCUT2D eigenvalue weighted by Crippen LogP contribution is 2.51.